The Morgan fingerprint density at radius 1 is 0.926 bits per heavy atom. The summed E-state index contributed by atoms with van der Waals surface area (Å²) in [7, 11) is -1.82. The van der Waals surface area contributed by atoms with E-state index in [4.69, 9.17) is 11.6 Å². The number of nitrogens with one attached hydrogen (secondary N) is 1. The van der Waals surface area contributed by atoms with Crippen molar-refractivity contribution in [1.82, 2.24) is 5.01 Å². The molecule has 2 saturated heterocycles. The third kappa shape index (κ3) is 5.31. The second-order valence-electron chi connectivity index (χ2n) is 14.2. The molecule has 4 aliphatic rings. The SMILES string of the molecule is C=CCc1cccc(C2C3=CCC4C(=O)N(c5cccc(B(O)O)c5)C(=O)C4C3CC3C(=O)N(Nc4ccc(F)cc4)C(=O)C32c2ccc(Cl)cc2)c1O. The number of para-hydroxylation sites is 1. The monoisotopic (exact) mass is 745 g/mol. The summed E-state index contributed by atoms with van der Waals surface area (Å²) in [6.07, 6.45) is 3.98. The molecular weight excluding hydrogens is 712 g/mol. The number of hydrazine groups is 1. The van der Waals surface area contributed by atoms with Gasteiger partial charge in [0.2, 0.25) is 11.8 Å². The van der Waals surface area contributed by atoms with Gasteiger partial charge in [0, 0.05) is 16.5 Å². The number of halogens is 2. The molecular formula is C41H34BClFN3O7. The Bertz CT molecular complexity index is 2270. The van der Waals surface area contributed by atoms with Crippen molar-refractivity contribution in [3.8, 4) is 5.75 Å². The number of hydrogen-bond acceptors (Lipinski definition) is 8. The number of allylic oxidation sites excluding steroid dienone is 3. The maximum Gasteiger partial charge on any atom is 0.488 e. The van der Waals surface area contributed by atoms with Gasteiger partial charge in [-0.2, -0.15) is 5.01 Å². The van der Waals surface area contributed by atoms with Crippen LogP contribution < -0.4 is 15.8 Å². The molecule has 2 aliphatic carbocycles. The topological polar surface area (TPSA) is 147 Å². The van der Waals surface area contributed by atoms with E-state index in [1.165, 1.54) is 42.5 Å². The van der Waals surface area contributed by atoms with E-state index in [-0.39, 0.29) is 35.4 Å². The Hall–Kier alpha value is -5.56. The lowest BCUT2D eigenvalue weighted by Crippen LogP contribution is -2.53. The number of phenols is 1. The fourth-order valence-corrected chi connectivity index (χ4v) is 9.37. The Kier molecular flexibility index (Phi) is 8.79. The third-order valence-corrected chi connectivity index (χ3v) is 11.8. The minimum Gasteiger partial charge on any atom is -0.507 e. The molecule has 6 unspecified atom stereocenters. The minimum absolute atomic E-state index is 0.00760. The van der Waals surface area contributed by atoms with Gasteiger partial charge in [0.15, 0.2) is 0 Å². The number of benzene rings is 4. The zero-order chi connectivity index (χ0) is 38.1. The number of hydrogen-bond donors (Lipinski definition) is 4. The van der Waals surface area contributed by atoms with Gasteiger partial charge in [-0.25, -0.2) is 4.39 Å². The number of anilines is 2. The molecule has 6 atom stereocenters. The minimum atomic E-state index is -1.82. The van der Waals surface area contributed by atoms with Crippen molar-refractivity contribution >= 4 is 59.2 Å². The van der Waals surface area contributed by atoms with Gasteiger partial charge < -0.3 is 15.2 Å². The maximum atomic E-state index is 15.3. The van der Waals surface area contributed by atoms with Crippen molar-refractivity contribution in [1.29, 1.82) is 0 Å². The Morgan fingerprint density at radius 3 is 2.35 bits per heavy atom. The molecule has 2 aliphatic heterocycles. The van der Waals surface area contributed by atoms with Gasteiger partial charge in [0.05, 0.1) is 34.5 Å². The second-order valence-corrected chi connectivity index (χ2v) is 14.6. The summed E-state index contributed by atoms with van der Waals surface area (Å²) in [4.78, 5) is 59.9. The van der Waals surface area contributed by atoms with Crippen LogP contribution in [-0.4, -0.2) is 50.9 Å². The Labute approximate surface area is 315 Å². The quantitative estimate of drug-likeness (QED) is 0.115. The zero-order valence-electron chi connectivity index (χ0n) is 28.7. The molecule has 0 bridgehead atoms. The number of rotatable bonds is 8. The van der Waals surface area contributed by atoms with Crippen molar-refractivity contribution in [2.45, 2.75) is 30.6 Å². The molecule has 3 fully saturated rings. The summed E-state index contributed by atoms with van der Waals surface area (Å²) in [5.74, 6) is -7.28. The van der Waals surface area contributed by atoms with E-state index in [2.05, 4.69) is 12.0 Å². The Morgan fingerprint density at radius 2 is 1.65 bits per heavy atom. The van der Waals surface area contributed by atoms with Crippen LogP contribution in [0.25, 0.3) is 0 Å². The fourth-order valence-electron chi connectivity index (χ4n) is 9.24. The van der Waals surface area contributed by atoms with Gasteiger partial charge in [-0.15, -0.1) is 6.58 Å². The number of aromatic hydroxyl groups is 1. The fraction of sp³-hybridized carbons (Fsp3) is 0.220. The average Bonchev–Trinajstić information content (AvgIpc) is 3.54. The lowest BCUT2D eigenvalue weighted by molar-refractivity contribution is -0.138. The molecule has 2 heterocycles. The predicted molar refractivity (Wildman–Crippen MR) is 200 cm³/mol. The lowest BCUT2D eigenvalue weighted by Gasteiger charge is -2.50. The van der Waals surface area contributed by atoms with Crippen LogP contribution in [0.15, 0.2) is 115 Å². The molecule has 4 amide bonds. The van der Waals surface area contributed by atoms with Crippen molar-refractivity contribution in [3.05, 3.63) is 143 Å². The first kappa shape index (κ1) is 35.5. The van der Waals surface area contributed by atoms with Crippen LogP contribution in [0.2, 0.25) is 5.02 Å². The summed E-state index contributed by atoms with van der Waals surface area (Å²) < 4.78 is 13.9. The summed E-state index contributed by atoms with van der Waals surface area (Å²) in [6, 6.07) is 23.0. The van der Waals surface area contributed by atoms with Gasteiger partial charge >= 0.3 is 7.12 Å². The van der Waals surface area contributed by atoms with Gasteiger partial charge in [-0.1, -0.05) is 71.8 Å². The van der Waals surface area contributed by atoms with E-state index in [0.717, 1.165) is 9.91 Å². The van der Waals surface area contributed by atoms with Crippen LogP contribution in [0.1, 0.15) is 35.4 Å². The Balaban J connectivity index is 1.33. The molecule has 0 radical (unpaired) electrons. The highest BCUT2D eigenvalue weighted by atomic mass is 35.5. The number of amides is 4. The van der Waals surface area contributed by atoms with Crippen LogP contribution in [-0.2, 0) is 31.0 Å². The lowest BCUT2D eigenvalue weighted by atomic mass is 9.49. The highest BCUT2D eigenvalue weighted by molar-refractivity contribution is 6.58. The van der Waals surface area contributed by atoms with Gasteiger partial charge in [-0.3, -0.25) is 29.5 Å². The highest BCUT2D eigenvalue weighted by Gasteiger charge is 2.70. The van der Waals surface area contributed by atoms with Crippen LogP contribution in [0.5, 0.6) is 5.75 Å². The van der Waals surface area contributed by atoms with Crippen LogP contribution in [0.4, 0.5) is 15.8 Å². The summed E-state index contributed by atoms with van der Waals surface area (Å²) in [5.41, 5.74) is 3.84. The van der Waals surface area contributed by atoms with Crippen molar-refractivity contribution in [2.75, 3.05) is 10.3 Å². The predicted octanol–water partition coefficient (Wildman–Crippen LogP) is 4.78. The van der Waals surface area contributed by atoms with Crippen LogP contribution >= 0.6 is 11.6 Å². The van der Waals surface area contributed by atoms with E-state index in [1.54, 1.807) is 54.6 Å². The molecule has 13 heteroatoms. The average molecular weight is 746 g/mol. The van der Waals surface area contributed by atoms with Crippen molar-refractivity contribution in [2.24, 2.45) is 23.7 Å². The molecule has 4 aromatic rings. The number of imide groups is 2. The molecule has 54 heavy (non-hydrogen) atoms. The molecule has 272 valence electrons. The van der Waals surface area contributed by atoms with E-state index in [1.807, 2.05) is 6.08 Å². The zero-order valence-corrected chi connectivity index (χ0v) is 29.5. The first-order valence-electron chi connectivity index (χ1n) is 17.6. The molecule has 0 spiro atoms. The van der Waals surface area contributed by atoms with Crippen LogP contribution in [0.3, 0.4) is 0 Å². The summed E-state index contributed by atoms with van der Waals surface area (Å²) in [6.45, 7) is 3.83. The standard InChI is InChI=1S/C41H34BClFN3O7/c1-2-5-22-6-3-9-31(36(22)48)35-29-18-19-30-34(39(51)46(37(30)49)28-8-4-7-24(20-28)42(53)54)32(29)21-33-38(50)47(45-27-16-14-26(44)15-17-27)40(52)41(33,35)23-10-12-25(43)13-11-23/h2-4,6-18,20,30,32-35,45,48,53-54H,1,5,19,21H2. The molecule has 4 N–H and O–H groups in total. The first-order chi connectivity index (χ1) is 26.0. The normalized spacial score (nSPS) is 25.9. The molecule has 4 aromatic carbocycles. The first-order valence-corrected chi connectivity index (χ1v) is 18.0. The number of carbonyl (C=O) groups excluding carboxylic acids is 4. The smallest absolute Gasteiger partial charge is 0.488 e. The van der Waals surface area contributed by atoms with Crippen molar-refractivity contribution in [3.63, 3.8) is 0 Å². The van der Waals surface area contributed by atoms with Gasteiger partial charge in [0.1, 0.15) is 11.6 Å². The number of phenolic OH excluding ortho intramolecular Hbond substituents is 1. The van der Waals surface area contributed by atoms with E-state index in [0.29, 0.717) is 33.7 Å². The molecule has 10 nitrogen and oxygen atoms in total. The number of fused-ring (bicyclic) bond motifs is 4. The summed E-state index contributed by atoms with van der Waals surface area (Å²) >= 11 is 6.36. The third-order valence-electron chi connectivity index (χ3n) is 11.5. The molecule has 1 saturated carbocycles. The summed E-state index contributed by atoms with van der Waals surface area (Å²) in [5, 5.41) is 33.0. The molecule has 8 rings (SSSR count). The molecule has 0 aromatic heterocycles. The highest BCUT2D eigenvalue weighted by Crippen LogP contribution is 2.65. The van der Waals surface area contributed by atoms with E-state index in [9.17, 15) is 33.9 Å². The van der Waals surface area contributed by atoms with Crippen molar-refractivity contribution < 1.29 is 38.7 Å². The van der Waals surface area contributed by atoms with Gasteiger partial charge in [0.25, 0.3) is 11.8 Å². The van der Waals surface area contributed by atoms with Crippen LogP contribution in [0, 0.1) is 29.5 Å². The number of nitrogens with zero attached hydrogens (tertiary/aromatic N) is 2. The largest absolute Gasteiger partial charge is 0.507 e. The van der Waals surface area contributed by atoms with Gasteiger partial charge in [-0.05, 0) is 90.3 Å². The second kappa shape index (κ2) is 13.4. The van der Waals surface area contributed by atoms with E-state index >= 15 is 4.79 Å². The maximum absolute atomic E-state index is 15.3. The number of carbonyl (C=O) groups is 4. The van der Waals surface area contributed by atoms with E-state index < -0.39 is 71.6 Å².